The minimum Gasteiger partial charge on any atom is -0.492 e. The highest BCUT2D eigenvalue weighted by Crippen LogP contribution is 2.33. The molecule has 0 saturated heterocycles. The molecule has 1 aromatic heterocycles. The Kier molecular flexibility index (Phi) is 5.71. The summed E-state index contributed by atoms with van der Waals surface area (Å²) < 4.78 is 37.5. The van der Waals surface area contributed by atoms with Gasteiger partial charge in [0.2, 0.25) is 0 Å². The van der Waals surface area contributed by atoms with Crippen molar-refractivity contribution in [1.82, 2.24) is 10.5 Å². The van der Waals surface area contributed by atoms with Crippen LogP contribution in [0.4, 0.5) is 8.78 Å². The molecule has 1 amide bonds. The second kappa shape index (κ2) is 8.18. The van der Waals surface area contributed by atoms with Crippen molar-refractivity contribution in [3.05, 3.63) is 70.4 Å². The number of amides is 1. The fraction of sp³-hybridized carbons (Fsp3) is 0.158. The van der Waals surface area contributed by atoms with Gasteiger partial charge in [-0.2, -0.15) is 0 Å². The molecule has 3 aromatic rings. The molecule has 1 N–H and O–H groups in total. The zero-order valence-electron chi connectivity index (χ0n) is 14.3. The molecule has 0 aliphatic carbocycles. The van der Waals surface area contributed by atoms with Crippen molar-refractivity contribution in [2.75, 3.05) is 13.2 Å². The maximum Gasteiger partial charge on any atom is 0.257 e. The second-order valence-corrected chi connectivity index (χ2v) is 6.02. The van der Waals surface area contributed by atoms with E-state index >= 15 is 0 Å². The summed E-state index contributed by atoms with van der Waals surface area (Å²) in [4.78, 5) is 12.5. The number of rotatable bonds is 6. The van der Waals surface area contributed by atoms with Crippen LogP contribution in [-0.2, 0) is 0 Å². The quantitative estimate of drug-likeness (QED) is 0.632. The fourth-order valence-electron chi connectivity index (χ4n) is 2.49. The minimum absolute atomic E-state index is 0.00345. The average Bonchev–Trinajstić information content (AvgIpc) is 3.01. The molecule has 0 spiro atoms. The predicted octanol–water partition coefficient (Wildman–Crippen LogP) is 4.39. The Morgan fingerprint density at radius 1 is 1.22 bits per heavy atom. The summed E-state index contributed by atoms with van der Waals surface area (Å²) in [6.45, 7) is 1.89. The van der Waals surface area contributed by atoms with Gasteiger partial charge in [0, 0.05) is 0 Å². The number of benzene rings is 2. The van der Waals surface area contributed by atoms with Gasteiger partial charge in [0.1, 0.15) is 41.0 Å². The number of carbonyl (C=O) groups is 1. The number of ether oxygens (including phenoxy) is 1. The van der Waals surface area contributed by atoms with Crippen LogP contribution in [0.1, 0.15) is 16.1 Å². The van der Waals surface area contributed by atoms with Crippen LogP contribution in [-0.4, -0.2) is 24.2 Å². The molecule has 2 aromatic carbocycles. The Morgan fingerprint density at radius 3 is 2.67 bits per heavy atom. The Morgan fingerprint density at radius 2 is 1.96 bits per heavy atom. The van der Waals surface area contributed by atoms with E-state index in [1.807, 2.05) is 0 Å². The van der Waals surface area contributed by atoms with Gasteiger partial charge in [-0.25, -0.2) is 8.78 Å². The topological polar surface area (TPSA) is 64.4 Å². The van der Waals surface area contributed by atoms with Gasteiger partial charge in [0.25, 0.3) is 5.91 Å². The number of hydrogen-bond donors (Lipinski definition) is 1. The third kappa shape index (κ3) is 4.25. The molecule has 27 heavy (non-hydrogen) atoms. The van der Waals surface area contributed by atoms with Crippen LogP contribution in [0.5, 0.6) is 5.75 Å². The second-order valence-electron chi connectivity index (χ2n) is 5.62. The number of halogens is 3. The zero-order chi connectivity index (χ0) is 19.4. The fourth-order valence-corrected chi connectivity index (χ4v) is 2.74. The van der Waals surface area contributed by atoms with Crippen molar-refractivity contribution >= 4 is 17.5 Å². The number of nitrogens with one attached hydrogen (secondary N) is 1. The van der Waals surface area contributed by atoms with Crippen molar-refractivity contribution in [2.45, 2.75) is 6.92 Å². The number of carbonyl (C=O) groups excluding carboxylic acids is 1. The summed E-state index contributed by atoms with van der Waals surface area (Å²) in [5.41, 5.74) is 0.139. The lowest BCUT2D eigenvalue weighted by atomic mass is 10.0. The van der Waals surface area contributed by atoms with Crippen molar-refractivity contribution in [3.8, 4) is 17.0 Å². The van der Waals surface area contributed by atoms with E-state index in [1.54, 1.807) is 6.92 Å². The Labute approximate surface area is 158 Å². The lowest BCUT2D eigenvalue weighted by molar-refractivity contribution is 0.0946. The Bertz CT molecular complexity index is 938. The van der Waals surface area contributed by atoms with Gasteiger partial charge in [-0.3, -0.25) is 4.79 Å². The summed E-state index contributed by atoms with van der Waals surface area (Å²) >= 11 is 6.06. The van der Waals surface area contributed by atoms with Gasteiger partial charge in [0.05, 0.1) is 17.1 Å². The average molecular weight is 393 g/mol. The molecule has 0 aliphatic rings. The third-order valence-electron chi connectivity index (χ3n) is 3.76. The zero-order valence-corrected chi connectivity index (χ0v) is 15.0. The van der Waals surface area contributed by atoms with E-state index in [0.717, 1.165) is 0 Å². The molecule has 3 rings (SSSR count). The Hall–Kier alpha value is -2.93. The lowest BCUT2D eigenvalue weighted by Gasteiger charge is -2.09. The summed E-state index contributed by atoms with van der Waals surface area (Å²) in [7, 11) is 0. The molecule has 0 fully saturated rings. The van der Waals surface area contributed by atoms with Crippen LogP contribution >= 0.6 is 11.6 Å². The first-order valence-electron chi connectivity index (χ1n) is 8.04. The normalized spacial score (nSPS) is 10.7. The number of aryl methyl sites for hydroxylation is 1. The standard InChI is InChI=1S/C19H15ClF2N2O3/c1-11-16(18(24-27-11)17-14(20)3-2-4-15(17)22)19(25)23-9-10-26-13-7-5-12(21)6-8-13/h2-8H,9-10H2,1H3,(H,23,25). The molecule has 140 valence electrons. The van der Waals surface area contributed by atoms with Crippen molar-refractivity contribution in [1.29, 1.82) is 0 Å². The van der Waals surface area contributed by atoms with Crippen molar-refractivity contribution < 1.29 is 22.8 Å². The van der Waals surface area contributed by atoms with E-state index in [9.17, 15) is 13.6 Å². The molecule has 0 saturated carbocycles. The first-order valence-corrected chi connectivity index (χ1v) is 8.42. The SMILES string of the molecule is Cc1onc(-c2c(F)cccc2Cl)c1C(=O)NCCOc1ccc(F)cc1. The molecule has 5 nitrogen and oxygen atoms in total. The highest BCUT2D eigenvalue weighted by Gasteiger charge is 2.25. The van der Waals surface area contributed by atoms with E-state index < -0.39 is 11.7 Å². The van der Waals surface area contributed by atoms with Gasteiger partial charge in [0.15, 0.2) is 0 Å². The van der Waals surface area contributed by atoms with Crippen molar-refractivity contribution in [3.63, 3.8) is 0 Å². The van der Waals surface area contributed by atoms with E-state index in [0.29, 0.717) is 5.75 Å². The molecular formula is C19H15ClF2N2O3. The van der Waals surface area contributed by atoms with Crippen LogP contribution in [0.3, 0.4) is 0 Å². The van der Waals surface area contributed by atoms with Gasteiger partial charge >= 0.3 is 0 Å². The maximum atomic E-state index is 14.2. The van der Waals surface area contributed by atoms with Gasteiger partial charge in [-0.1, -0.05) is 22.8 Å². The van der Waals surface area contributed by atoms with Crippen molar-refractivity contribution in [2.24, 2.45) is 0 Å². The van der Waals surface area contributed by atoms with Crippen LogP contribution in [0.2, 0.25) is 5.02 Å². The van der Waals surface area contributed by atoms with E-state index in [2.05, 4.69) is 10.5 Å². The van der Waals surface area contributed by atoms with Crippen LogP contribution in [0, 0.1) is 18.6 Å². The summed E-state index contributed by atoms with van der Waals surface area (Å²) in [5, 5.41) is 6.56. The predicted molar refractivity (Wildman–Crippen MR) is 95.9 cm³/mol. The molecular weight excluding hydrogens is 378 g/mol. The van der Waals surface area contributed by atoms with E-state index in [-0.39, 0.29) is 46.6 Å². The molecule has 0 atom stereocenters. The highest BCUT2D eigenvalue weighted by atomic mass is 35.5. The molecule has 0 unspecified atom stereocenters. The lowest BCUT2D eigenvalue weighted by Crippen LogP contribution is -2.28. The minimum atomic E-state index is -0.607. The van der Waals surface area contributed by atoms with Crippen LogP contribution in [0.15, 0.2) is 47.0 Å². The van der Waals surface area contributed by atoms with Crippen LogP contribution in [0.25, 0.3) is 11.3 Å². The first-order chi connectivity index (χ1) is 13.0. The Balaban J connectivity index is 1.68. The summed E-state index contributed by atoms with van der Waals surface area (Å²) in [5.74, 6) is -0.750. The first kappa shape index (κ1) is 18.8. The summed E-state index contributed by atoms with van der Waals surface area (Å²) in [6.07, 6.45) is 0. The monoisotopic (exact) mass is 392 g/mol. The van der Waals surface area contributed by atoms with Gasteiger partial charge in [-0.05, 0) is 43.3 Å². The highest BCUT2D eigenvalue weighted by molar-refractivity contribution is 6.33. The van der Waals surface area contributed by atoms with E-state index in [4.69, 9.17) is 20.9 Å². The molecule has 0 bridgehead atoms. The number of aromatic nitrogens is 1. The summed E-state index contributed by atoms with van der Waals surface area (Å²) in [6, 6.07) is 9.71. The molecule has 0 radical (unpaired) electrons. The molecule has 8 heteroatoms. The third-order valence-corrected chi connectivity index (χ3v) is 4.07. The number of hydrogen-bond acceptors (Lipinski definition) is 4. The number of nitrogens with zero attached hydrogens (tertiary/aromatic N) is 1. The van der Waals surface area contributed by atoms with Gasteiger partial charge < -0.3 is 14.6 Å². The smallest absolute Gasteiger partial charge is 0.257 e. The van der Waals surface area contributed by atoms with E-state index in [1.165, 1.54) is 42.5 Å². The molecule has 0 aliphatic heterocycles. The van der Waals surface area contributed by atoms with Gasteiger partial charge in [-0.15, -0.1) is 0 Å². The van der Waals surface area contributed by atoms with Crippen LogP contribution < -0.4 is 10.1 Å². The molecule has 1 heterocycles. The largest absolute Gasteiger partial charge is 0.492 e. The maximum absolute atomic E-state index is 14.2.